The minimum atomic E-state index is -3.00. The number of aromatic nitrogens is 2. The number of nitrogens with zero attached hydrogens (tertiary/aromatic N) is 3. The molecule has 0 radical (unpaired) electrons. The monoisotopic (exact) mass is 299 g/mol. The van der Waals surface area contributed by atoms with E-state index in [1.165, 1.54) is 6.26 Å². The van der Waals surface area contributed by atoms with Crippen LogP contribution in [0.15, 0.2) is 6.20 Å². The van der Waals surface area contributed by atoms with E-state index in [1.807, 2.05) is 6.92 Å². The summed E-state index contributed by atoms with van der Waals surface area (Å²) in [6, 6.07) is 0. The van der Waals surface area contributed by atoms with E-state index >= 15 is 0 Å². The number of carbonyl (C=O) groups excluding carboxylic acids is 1. The van der Waals surface area contributed by atoms with E-state index < -0.39 is 9.84 Å². The summed E-state index contributed by atoms with van der Waals surface area (Å²) in [5, 5.41) is 4.08. The Hall–Kier alpha value is -1.37. The molecule has 0 aliphatic carbocycles. The van der Waals surface area contributed by atoms with Crippen LogP contribution in [0.2, 0.25) is 0 Å². The second-order valence-corrected chi connectivity index (χ2v) is 7.80. The van der Waals surface area contributed by atoms with Crippen molar-refractivity contribution in [3.63, 3.8) is 0 Å². The highest BCUT2D eigenvalue weighted by atomic mass is 32.2. The van der Waals surface area contributed by atoms with Crippen molar-refractivity contribution in [3.8, 4) is 0 Å². The average Bonchev–Trinajstić information content (AvgIpc) is 2.67. The van der Waals surface area contributed by atoms with Gasteiger partial charge in [0.2, 0.25) is 0 Å². The van der Waals surface area contributed by atoms with Crippen LogP contribution in [-0.2, 0) is 16.9 Å². The van der Waals surface area contributed by atoms with E-state index in [4.69, 9.17) is 0 Å². The third-order valence-corrected chi connectivity index (χ3v) is 4.89. The fraction of sp³-hybridized carbons (Fsp3) is 0.692. The molecule has 1 amide bonds. The molecule has 0 bridgehead atoms. The molecule has 1 aromatic heterocycles. The van der Waals surface area contributed by atoms with Crippen LogP contribution in [-0.4, -0.2) is 54.1 Å². The standard InChI is InChI=1S/C13H21N3O3S/c1-10-12(7-14-15(10)2)13(17)16-6-4-5-11(8-16)9-20(3,18)19/h7,11H,4-6,8-9H2,1-3H3/t11-/m0/s1. The lowest BCUT2D eigenvalue weighted by Crippen LogP contribution is -2.41. The van der Waals surface area contributed by atoms with E-state index in [0.29, 0.717) is 18.7 Å². The summed E-state index contributed by atoms with van der Waals surface area (Å²) in [5.74, 6) is 0.150. The maximum atomic E-state index is 12.5. The highest BCUT2D eigenvalue weighted by molar-refractivity contribution is 7.90. The predicted molar refractivity (Wildman–Crippen MR) is 76.3 cm³/mol. The van der Waals surface area contributed by atoms with Crippen LogP contribution >= 0.6 is 0 Å². The Morgan fingerprint density at radius 2 is 2.20 bits per heavy atom. The van der Waals surface area contributed by atoms with Crippen molar-refractivity contribution in [2.45, 2.75) is 19.8 Å². The van der Waals surface area contributed by atoms with Gasteiger partial charge in [-0.1, -0.05) is 0 Å². The summed E-state index contributed by atoms with van der Waals surface area (Å²) in [6.07, 6.45) is 4.55. The fourth-order valence-electron chi connectivity index (χ4n) is 2.69. The van der Waals surface area contributed by atoms with Crippen molar-refractivity contribution in [2.24, 2.45) is 13.0 Å². The number of piperidine rings is 1. The number of likely N-dealkylation sites (tertiary alicyclic amines) is 1. The van der Waals surface area contributed by atoms with Gasteiger partial charge in [-0.3, -0.25) is 9.48 Å². The van der Waals surface area contributed by atoms with Gasteiger partial charge < -0.3 is 4.90 Å². The highest BCUT2D eigenvalue weighted by Gasteiger charge is 2.28. The maximum Gasteiger partial charge on any atom is 0.257 e. The zero-order chi connectivity index (χ0) is 14.9. The molecule has 1 fully saturated rings. The molecule has 112 valence electrons. The summed E-state index contributed by atoms with van der Waals surface area (Å²) in [4.78, 5) is 14.2. The van der Waals surface area contributed by atoms with Crippen LogP contribution in [0.4, 0.5) is 0 Å². The number of sulfone groups is 1. The van der Waals surface area contributed by atoms with E-state index in [1.54, 1.807) is 22.8 Å². The smallest absolute Gasteiger partial charge is 0.257 e. The van der Waals surface area contributed by atoms with Crippen molar-refractivity contribution < 1.29 is 13.2 Å². The van der Waals surface area contributed by atoms with Gasteiger partial charge in [0.15, 0.2) is 0 Å². The topological polar surface area (TPSA) is 72.3 Å². The van der Waals surface area contributed by atoms with Crippen molar-refractivity contribution in [1.29, 1.82) is 0 Å². The molecule has 1 aromatic rings. The molecule has 6 nitrogen and oxygen atoms in total. The van der Waals surface area contributed by atoms with Gasteiger partial charge in [0.25, 0.3) is 5.91 Å². The predicted octanol–water partition coefficient (Wildman–Crippen LogP) is 0.625. The first kappa shape index (κ1) is 15.0. The summed E-state index contributed by atoms with van der Waals surface area (Å²) in [5.41, 5.74) is 1.44. The number of carbonyl (C=O) groups is 1. The lowest BCUT2D eigenvalue weighted by Gasteiger charge is -2.32. The summed E-state index contributed by atoms with van der Waals surface area (Å²) in [7, 11) is -1.20. The van der Waals surface area contributed by atoms with E-state index in [0.717, 1.165) is 18.5 Å². The second kappa shape index (κ2) is 5.55. The molecule has 20 heavy (non-hydrogen) atoms. The average molecular weight is 299 g/mol. The Morgan fingerprint density at radius 1 is 1.50 bits per heavy atom. The van der Waals surface area contributed by atoms with Gasteiger partial charge in [-0.2, -0.15) is 5.10 Å². The minimum absolute atomic E-state index is 0.0414. The summed E-state index contributed by atoms with van der Waals surface area (Å²) < 4.78 is 24.4. The third kappa shape index (κ3) is 3.39. The number of hydrogen-bond acceptors (Lipinski definition) is 4. The fourth-order valence-corrected chi connectivity index (χ4v) is 3.82. The normalized spacial score (nSPS) is 20.1. The van der Waals surface area contributed by atoms with Crippen LogP contribution in [0.5, 0.6) is 0 Å². The van der Waals surface area contributed by atoms with Crippen LogP contribution < -0.4 is 0 Å². The van der Waals surface area contributed by atoms with Crippen LogP contribution in [0.1, 0.15) is 28.9 Å². The Bertz CT molecular complexity index is 606. The zero-order valence-corrected chi connectivity index (χ0v) is 13.0. The second-order valence-electron chi connectivity index (χ2n) is 5.62. The Kier molecular flexibility index (Phi) is 4.17. The Labute approximate surface area is 119 Å². The molecular formula is C13H21N3O3S. The number of hydrogen-bond donors (Lipinski definition) is 0. The van der Waals surface area contributed by atoms with Gasteiger partial charge in [-0.15, -0.1) is 0 Å². The van der Waals surface area contributed by atoms with Gasteiger partial charge >= 0.3 is 0 Å². The summed E-state index contributed by atoms with van der Waals surface area (Å²) >= 11 is 0. The van der Waals surface area contributed by atoms with E-state index in [2.05, 4.69) is 5.10 Å². The van der Waals surface area contributed by atoms with Crippen molar-refractivity contribution in [1.82, 2.24) is 14.7 Å². The third-order valence-electron chi connectivity index (χ3n) is 3.81. The maximum absolute atomic E-state index is 12.5. The first-order valence-electron chi connectivity index (χ1n) is 6.73. The lowest BCUT2D eigenvalue weighted by molar-refractivity contribution is 0.0683. The first-order chi connectivity index (χ1) is 9.28. The van der Waals surface area contributed by atoms with Gasteiger partial charge in [0, 0.05) is 32.1 Å². The molecule has 1 aliphatic rings. The largest absolute Gasteiger partial charge is 0.338 e. The zero-order valence-electron chi connectivity index (χ0n) is 12.2. The summed E-state index contributed by atoms with van der Waals surface area (Å²) in [6.45, 7) is 3.06. The van der Waals surface area contributed by atoms with Gasteiger partial charge in [0.05, 0.1) is 17.5 Å². The van der Waals surface area contributed by atoms with Crippen LogP contribution in [0, 0.1) is 12.8 Å². The molecule has 1 atom stereocenters. The highest BCUT2D eigenvalue weighted by Crippen LogP contribution is 2.20. The van der Waals surface area contributed by atoms with E-state index in [-0.39, 0.29) is 17.6 Å². The quantitative estimate of drug-likeness (QED) is 0.820. The van der Waals surface area contributed by atoms with Crippen molar-refractivity contribution in [3.05, 3.63) is 17.5 Å². The van der Waals surface area contributed by atoms with Gasteiger partial charge in [-0.05, 0) is 25.7 Å². The molecule has 2 heterocycles. The molecular weight excluding hydrogens is 278 g/mol. The molecule has 0 N–H and O–H groups in total. The molecule has 1 saturated heterocycles. The molecule has 7 heteroatoms. The first-order valence-corrected chi connectivity index (χ1v) is 8.79. The Morgan fingerprint density at radius 3 is 2.75 bits per heavy atom. The lowest BCUT2D eigenvalue weighted by atomic mass is 9.99. The molecule has 0 aromatic carbocycles. The molecule has 0 spiro atoms. The molecule has 2 rings (SSSR count). The number of amides is 1. The Balaban J connectivity index is 2.09. The number of rotatable bonds is 3. The van der Waals surface area contributed by atoms with Crippen LogP contribution in [0.3, 0.4) is 0 Å². The van der Waals surface area contributed by atoms with Gasteiger partial charge in [-0.25, -0.2) is 8.42 Å². The molecule has 0 unspecified atom stereocenters. The molecule has 1 aliphatic heterocycles. The van der Waals surface area contributed by atoms with Crippen molar-refractivity contribution >= 4 is 15.7 Å². The van der Waals surface area contributed by atoms with E-state index in [9.17, 15) is 13.2 Å². The van der Waals surface area contributed by atoms with Crippen LogP contribution in [0.25, 0.3) is 0 Å². The minimum Gasteiger partial charge on any atom is -0.338 e. The number of aryl methyl sites for hydroxylation is 1. The SMILES string of the molecule is Cc1c(C(=O)N2CCC[C@H](CS(C)(=O)=O)C2)cnn1C. The van der Waals surface area contributed by atoms with Crippen molar-refractivity contribution in [2.75, 3.05) is 25.1 Å². The molecule has 0 saturated carbocycles. The van der Waals surface area contributed by atoms with Gasteiger partial charge in [0.1, 0.15) is 9.84 Å².